The van der Waals surface area contributed by atoms with Gasteiger partial charge in [0, 0.05) is 37.8 Å². The number of morpholine rings is 1. The first-order chi connectivity index (χ1) is 11.6. The van der Waals surface area contributed by atoms with Crippen molar-refractivity contribution in [3.63, 3.8) is 0 Å². The lowest BCUT2D eigenvalue weighted by Gasteiger charge is -2.38. The zero-order valence-electron chi connectivity index (χ0n) is 14.4. The summed E-state index contributed by atoms with van der Waals surface area (Å²) in [6.45, 7) is 7.76. The summed E-state index contributed by atoms with van der Waals surface area (Å²) < 4.78 is 5.80. The summed E-state index contributed by atoms with van der Waals surface area (Å²) >= 11 is 0. The molecule has 5 heteroatoms. The molecule has 5 nitrogen and oxygen atoms in total. The van der Waals surface area contributed by atoms with E-state index in [0.29, 0.717) is 11.1 Å². The van der Waals surface area contributed by atoms with Crippen molar-refractivity contribution >= 4 is 5.91 Å². The average Bonchev–Trinajstić information content (AvgIpc) is 3.01. The molecule has 3 atom stereocenters. The fraction of sp³-hybridized carbons (Fsp3) is 0.579. The summed E-state index contributed by atoms with van der Waals surface area (Å²) in [6.07, 6.45) is 2.58. The van der Waals surface area contributed by atoms with E-state index in [4.69, 9.17) is 10.00 Å². The monoisotopic (exact) mass is 327 g/mol. The van der Waals surface area contributed by atoms with Crippen molar-refractivity contribution in [3.05, 3.63) is 35.4 Å². The maximum Gasteiger partial charge on any atom is 0.254 e. The number of benzene rings is 1. The maximum atomic E-state index is 12.9. The van der Waals surface area contributed by atoms with E-state index in [9.17, 15) is 4.79 Å². The largest absolute Gasteiger partial charge is 0.373 e. The lowest BCUT2D eigenvalue weighted by molar-refractivity contribution is -0.0715. The molecule has 0 spiro atoms. The summed E-state index contributed by atoms with van der Waals surface area (Å²) in [4.78, 5) is 17.3. The maximum absolute atomic E-state index is 12.9. The van der Waals surface area contributed by atoms with Gasteiger partial charge < -0.3 is 9.64 Å². The minimum absolute atomic E-state index is 0.0453. The molecule has 3 rings (SSSR count). The van der Waals surface area contributed by atoms with Crippen LogP contribution in [0.2, 0.25) is 0 Å². The highest BCUT2D eigenvalue weighted by molar-refractivity contribution is 5.95. The molecule has 2 heterocycles. The first kappa shape index (κ1) is 16.9. The second-order valence-corrected chi connectivity index (χ2v) is 6.96. The number of hydrogen-bond acceptors (Lipinski definition) is 4. The van der Waals surface area contributed by atoms with Crippen LogP contribution in [0.25, 0.3) is 0 Å². The Morgan fingerprint density at radius 1 is 1.33 bits per heavy atom. The normalized spacial score (nSPS) is 27.9. The first-order valence-electron chi connectivity index (χ1n) is 8.75. The predicted molar refractivity (Wildman–Crippen MR) is 91.7 cm³/mol. The highest BCUT2D eigenvalue weighted by atomic mass is 16.5. The molecule has 1 aromatic rings. The number of carbonyl (C=O) groups excluding carboxylic acids is 1. The summed E-state index contributed by atoms with van der Waals surface area (Å²) in [6, 6.07) is 9.36. The van der Waals surface area contributed by atoms with Crippen LogP contribution in [0.5, 0.6) is 0 Å². The molecule has 1 aromatic carbocycles. The van der Waals surface area contributed by atoms with Gasteiger partial charge in [0.25, 0.3) is 5.91 Å². The third kappa shape index (κ3) is 3.77. The fourth-order valence-electron chi connectivity index (χ4n) is 3.91. The van der Waals surface area contributed by atoms with Gasteiger partial charge in [-0.15, -0.1) is 0 Å². The molecule has 2 aliphatic rings. The summed E-state index contributed by atoms with van der Waals surface area (Å²) in [5.41, 5.74) is 1.15. The number of hydrogen-bond donors (Lipinski definition) is 0. The van der Waals surface area contributed by atoms with Gasteiger partial charge >= 0.3 is 0 Å². The molecule has 0 aliphatic carbocycles. The van der Waals surface area contributed by atoms with Crippen LogP contribution in [-0.4, -0.2) is 60.1 Å². The molecule has 0 N–H and O–H groups in total. The zero-order chi connectivity index (χ0) is 17.1. The van der Waals surface area contributed by atoms with E-state index in [1.807, 2.05) is 4.90 Å². The van der Waals surface area contributed by atoms with Crippen molar-refractivity contribution < 1.29 is 9.53 Å². The van der Waals surface area contributed by atoms with Gasteiger partial charge in [-0.25, -0.2) is 0 Å². The third-order valence-electron chi connectivity index (χ3n) is 4.84. The molecule has 2 fully saturated rings. The minimum Gasteiger partial charge on any atom is -0.373 e. The number of ether oxygens (including phenoxy) is 1. The topological polar surface area (TPSA) is 56.6 Å². The van der Waals surface area contributed by atoms with Crippen LogP contribution in [0.4, 0.5) is 0 Å². The number of nitriles is 1. The van der Waals surface area contributed by atoms with Gasteiger partial charge in [0.1, 0.15) is 0 Å². The molecular weight excluding hydrogens is 302 g/mol. The molecule has 0 aromatic heterocycles. The van der Waals surface area contributed by atoms with E-state index < -0.39 is 0 Å². The quantitative estimate of drug-likeness (QED) is 0.854. The van der Waals surface area contributed by atoms with Crippen LogP contribution < -0.4 is 0 Å². The average molecular weight is 327 g/mol. The molecule has 3 unspecified atom stereocenters. The Morgan fingerprint density at radius 2 is 2.08 bits per heavy atom. The number of likely N-dealkylation sites (tertiary alicyclic amines) is 1. The third-order valence-corrected chi connectivity index (χ3v) is 4.84. The highest BCUT2D eigenvalue weighted by Gasteiger charge is 2.32. The van der Waals surface area contributed by atoms with E-state index >= 15 is 0 Å². The Labute approximate surface area is 143 Å². The number of carbonyl (C=O) groups is 1. The van der Waals surface area contributed by atoms with Gasteiger partial charge in [-0.3, -0.25) is 9.69 Å². The van der Waals surface area contributed by atoms with Crippen molar-refractivity contribution in [1.29, 1.82) is 5.26 Å². The van der Waals surface area contributed by atoms with Crippen LogP contribution in [0.3, 0.4) is 0 Å². The second kappa shape index (κ2) is 7.33. The van der Waals surface area contributed by atoms with Gasteiger partial charge in [-0.1, -0.05) is 6.07 Å². The van der Waals surface area contributed by atoms with Gasteiger partial charge in [0.15, 0.2) is 0 Å². The molecule has 0 radical (unpaired) electrons. The fourth-order valence-corrected chi connectivity index (χ4v) is 3.91. The number of rotatable bonds is 3. The van der Waals surface area contributed by atoms with Crippen molar-refractivity contribution in [1.82, 2.24) is 9.80 Å². The second-order valence-electron chi connectivity index (χ2n) is 6.96. The van der Waals surface area contributed by atoms with E-state index in [1.54, 1.807) is 24.3 Å². The molecule has 128 valence electrons. The highest BCUT2D eigenvalue weighted by Crippen LogP contribution is 2.23. The van der Waals surface area contributed by atoms with Crippen LogP contribution in [-0.2, 0) is 4.74 Å². The van der Waals surface area contributed by atoms with E-state index in [1.165, 1.54) is 0 Å². The van der Waals surface area contributed by atoms with Gasteiger partial charge in [0.2, 0.25) is 0 Å². The standard InChI is InChI=1S/C19H25N3O2/c1-14-11-21(12-15(2)24-14)13-18-7-4-8-22(18)19(23)17-6-3-5-16(9-17)10-20/h3,5-6,9,14-15,18H,4,7-8,11-13H2,1-2H3. The Hall–Kier alpha value is -1.90. The van der Waals surface area contributed by atoms with Crippen molar-refractivity contribution in [2.75, 3.05) is 26.2 Å². The van der Waals surface area contributed by atoms with Crippen LogP contribution in [0, 0.1) is 11.3 Å². The molecule has 2 saturated heterocycles. The molecule has 1 amide bonds. The minimum atomic E-state index is 0.0453. The summed E-state index contributed by atoms with van der Waals surface area (Å²) in [5, 5.41) is 9.03. The zero-order valence-corrected chi connectivity index (χ0v) is 14.4. The molecule has 2 aliphatic heterocycles. The Morgan fingerprint density at radius 3 is 2.79 bits per heavy atom. The van der Waals surface area contributed by atoms with Crippen molar-refractivity contribution in [2.45, 2.75) is 44.9 Å². The first-order valence-corrected chi connectivity index (χ1v) is 8.75. The van der Waals surface area contributed by atoms with Gasteiger partial charge in [-0.2, -0.15) is 5.26 Å². The lowest BCUT2D eigenvalue weighted by atomic mass is 10.1. The Balaban J connectivity index is 1.68. The molecule has 0 saturated carbocycles. The van der Waals surface area contributed by atoms with Gasteiger partial charge in [-0.05, 0) is 44.9 Å². The van der Waals surface area contributed by atoms with E-state index in [2.05, 4.69) is 24.8 Å². The Kier molecular flexibility index (Phi) is 5.17. The smallest absolute Gasteiger partial charge is 0.254 e. The number of amides is 1. The SMILES string of the molecule is CC1CN(CC2CCCN2C(=O)c2cccc(C#N)c2)CC(C)O1. The Bertz CT molecular complexity index is 630. The molecule has 24 heavy (non-hydrogen) atoms. The summed E-state index contributed by atoms with van der Waals surface area (Å²) in [5.74, 6) is 0.0453. The van der Waals surface area contributed by atoms with Crippen LogP contribution >= 0.6 is 0 Å². The van der Waals surface area contributed by atoms with Gasteiger partial charge in [0.05, 0.1) is 23.8 Å². The molecular formula is C19H25N3O2. The predicted octanol–water partition coefficient (Wildman–Crippen LogP) is 2.27. The summed E-state index contributed by atoms with van der Waals surface area (Å²) in [7, 11) is 0. The van der Waals surface area contributed by atoms with Crippen molar-refractivity contribution in [2.24, 2.45) is 0 Å². The molecule has 0 bridgehead atoms. The van der Waals surface area contributed by atoms with Crippen LogP contribution in [0.15, 0.2) is 24.3 Å². The van der Waals surface area contributed by atoms with Crippen LogP contribution in [0.1, 0.15) is 42.6 Å². The lowest BCUT2D eigenvalue weighted by Crippen LogP contribution is -2.50. The van der Waals surface area contributed by atoms with E-state index in [0.717, 1.165) is 39.0 Å². The van der Waals surface area contributed by atoms with Crippen molar-refractivity contribution in [3.8, 4) is 6.07 Å². The van der Waals surface area contributed by atoms with E-state index in [-0.39, 0.29) is 24.2 Å². The number of nitrogens with zero attached hydrogens (tertiary/aromatic N) is 3.